The van der Waals surface area contributed by atoms with Crippen molar-refractivity contribution in [2.75, 3.05) is 17.1 Å². The molecule has 9 heteroatoms. The second-order valence-electron chi connectivity index (χ2n) is 7.99. The third-order valence-corrected chi connectivity index (χ3v) is 6.40. The molecule has 0 aliphatic rings. The molecule has 0 aliphatic heterocycles. The molecular formula is C24H27FN4O3S. The van der Waals surface area contributed by atoms with E-state index in [-0.39, 0.29) is 5.82 Å². The maximum absolute atomic E-state index is 13.3. The van der Waals surface area contributed by atoms with Crippen LogP contribution in [0.5, 0.6) is 0 Å². The third-order valence-electron chi connectivity index (χ3n) is 5.27. The van der Waals surface area contributed by atoms with Crippen LogP contribution in [-0.4, -0.2) is 37.9 Å². The molecule has 3 aromatic rings. The SMILES string of the molecule is Cc1ccc(C)c(N(CC(=O)N/N=C\c2cc(C)n(-c3ccc(F)cc3)c2C)S(C)(=O)=O)c1. The van der Waals surface area contributed by atoms with E-state index in [1.807, 2.05) is 43.5 Å². The summed E-state index contributed by atoms with van der Waals surface area (Å²) in [4.78, 5) is 12.5. The van der Waals surface area contributed by atoms with Gasteiger partial charge in [0.05, 0.1) is 18.2 Å². The van der Waals surface area contributed by atoms with Gasteiger partial charge in [-0.3, -0.25) is 9.10 Å². The molecule has 0 atom stereocenters. The van der Waals surface area contributed by atoms with Crippen LogP contribution in [0.25, 0.3) is 5.69 Å². The number of nitrogens with one attached hydrogen (secondary N) is 1. The van der Waals surface area contributed by atoms with Gasteiger partial charge in [0, 0.05) is 22.6 Å². The molecule has 7 nitrogen and oxygen atoms in total. The van der Waals surface area contributed by atoms with Gasteiger partial charge in [-0.1, -0.05) is 12.1 Å². The van der Waals surface area contributed by atoms with Gasteiger partial charge in [0.25, 0.3) is 5.91 Å². The zero-order chi connectivity index (χ0) is 24.3. The van der Waals surface area contributed by atoms with E-state index in [4.69, 9.17) is 0 Å². The summed E-state index contributed by atoms with van der Waals surface area (Å²) in [6.07, 6.45) is 2.57. The Balaban J connectivity index is 1.76. The number of hydrogen-bond donors (Lipinski definition) is 1. The molecule has 0 saturated heterocycles. The standard InChI is InChI=1S/C24H27FN4O3S/c1-16-6-7-17(2)23(12-16)28(33(5,31)32)15-24(30)27-26-14-20-13-18(3)29(19(20)4)22-10-8-21(25)9-11-22/h6-14H,15H2,1-5H3,(H,27,30)/b26-14-. The molecule has 3 rings (SSSR count). The predicted molar refractivity (Wildman–Crippen MR) is 129 cm³/mol. The highest BCUT2D eigenvalue weighted by Crippen LogP contribution is 2.24. The second-order valence-corrected chi connectivity index (χ2v) is 9.90. The Morgan fingerprint density at radius 3 is 2.39 bits per heavy atom. The lowest BCUT2D eigenvalue weighted by atomic mass is 10.1. The summed E-state index contributed by atoms with van der Waals surface area (Å²) in [6.45, 7) is 7.07. The van der Waals surface area contributed by atoms with Crippen LogP contribution in [0.4, 0.5) is 10.1 Å². The Morgan fingerprint density at radius 1 is 1.09 bits per heavy atom. The van der Waals surface area contributed by atoms with E-state index in [2.05, 4.69) is 10.5 Å². The Morgan fingerprint density at radius 2 is 1.76 bits per heavy atom. The van der Waals surface area contributed by atoms with E-state index in [1.54, 1.807) is 25.1 Å². The van der Waals surface area contributed by atoms with Crippen molar-refractivity contribution >= 4 is 27.8 Å². The van der Waals surface area contributed by atoms with Crippen LogP contribution >= 0.6 is 0 Å². The molecule has 33 heavy (non-hydrogen) atoms. The van der Waals surface area contributed by atoms with Crippen molar-refractivity contribution < 1.29 is 17.6 Å². The first-order valence-electron chi connectivity index (χ1n) is 10.3. The number of nitrogens with zero attached hydrogens (tertiary/aromatic N) is 3. The smallest absolute Gasteiger partial charge is 0.260 e. The molecule has 0 saturated carbocycles. The first-order valence-corrected chi connectivity index (χ1v) is 12.1. The lowest BCUT2D eigenvalue weighted by Gasteiger charge is -2.23. The molecule has 1 N–H and O–H groups in total. The molecule has 1 heterocycles. The van der Waals surface area contributed by atoms with Gasteiger partial charge in [-0.25, -0.2) is 18.2 Å². The summed E-state index contributed by atoms with van der Waals surface area (Å²) in [5.41, 5.74) is 7.87. The van der Waals surface area contributed by atoms with Crippen LogP contribution in [0.3, 0.4) is 0 Å². The van der Waals surface area contributed by atoms with E-state index in [0.717, 1.165) is 44.3 Å². The Kier molecular flexibility index (Phi) is 7.02. The van der Waals surface area contributed by atoms with E-state index in [0.29, 0.717) is 5.69 Å². The quantitative estimate of drug-likeness (QED) is 0.422. The topological polar surface area (TPSA) is 83.8 Å². The molecule has 2 aromatic carbocycles. The summed E-state index contributed by atoms with van der Waals surface area (Å²) in [7, 11) is -3.68. The van der Waals surface area contributed by atoms with Crippen LogP contribution < -0.4 is 9.73 Å². The molecule has 0 radical (unpaired) electrons. The molecule has 0 fully saturated rings. The normalized spacial score (nSPS) is 11.7. The van der Waals surface area contributed by atoms with Gasteiger partial charge in [-0.05, 0) is 75.2 Å². The average Bonchev–Trinajstić information content (AvgIpc) is 3.01. The number of amides is 1. The zero-order valence-corrected chi connectivity index (χ0v) is 20.1. The van der Waals surface area contributed by atoms with Gasteiger partial charge < -0.3 is 4.57 Å². The molecule has 0 bridgehead atoms. The minimum atomic E-state index is -3.68. The first kappa shape index (κ1) is 24.2. The summed E-state index contributed by atoms with van der Waals surface area (Å²) in [5, 5.41) is 4.01. The van der Waals surface area contributed by atoms with Crippen LogP contribution in [0.2, 0.25) is 0 Å². The van der Waals surface area contributed by atoms with E-state index < -0.39 is 22.5 Å². The lowest BCUT2D eigenvalue weighted by Crippen LogP contribution is -2.39. The summed E-state index contributed by atoms with van der Waals surface area (Å²) < 4.78 is 41.0. The van der Waals surface area contributed by atoms with Gasteiger partial charge in [-0.15, -0.1) is 0 Å². The first-order chi connectivity index (χ1) is 15.5. The highest BCUT2D eigenvalue weighted by molar-refractivity contribution is 7.92. The minimum Gasteiger partial charge on any atom is -0.318 e. The average molecular weight is 471 g/mol. The van der Waals surface area contributed by atoms with Crippen LogP contribution in [-0.2, 0) is 14.8 Å². The van der Waals surface area contributed by atoms with Gasteiger partial charge in [0.15, 0.2) is 0 Å². The molecule has 1 amide bonds. The summed E-state index contributed by atoms with van der Waals surface area (Å²) in [5.74, 6) is -0.875. The number of halogens is 1. The monoisotopic (exact) mass is 470 g/mol. The number of rotatable bonds is 7. The molecule has 0 aliphatic carbocycles. The highest BCUT2D eigenvalue weighted by atomic mass is 32.2. The number of carbonyl (C=O) groups excluding carboxylic acids is 1. The van der Waals surface area contributed by atoms with E-state index in [1.165, 1.54) is 18.3 Å². The fraction of sp³-hybridized carbons (Fsp3) is 0.250. The Hall–Kier alpha value is -3.46. The fourth-order valence-corrected chi connectivity index (χ4v) is 4.52. The van der Waals surface area contributed by atoms with Crippen LogP contribution in [0.15, 0.2) is 53.6 Å². The molecule has 0 spiro atoms. The number of benzene rings is 2. The Labute approximate surface area is 193 Å². The van der Waals surface area contributed by atoms with E-state index >= 15 is 0 Å². The molecule has 0 unspecified atom stereocenters. The maximum atomic E-state index is 13.3. The molecular weight excluding hydrogens is 443 g/mol. The van der Waals surface area contributed by atoms with Crippen molar-refractivity contribution in [3.63, 3.8) is 0 Å². The lowest BCUT2D eigenvalue weighted by molar-refractivity contribution is -0.119. The number of hydrogen-bond acceptors (Lipinski definition) is 4. The number of carbonyl (C=O) groups is 1. The van der Waals surface area contributed by atoms with Crippen molar-refractivity contribution in [1.29, 1.82) is 0 Å². The van der Waals surface area contributed by atoms with Crippen LogP contribution in [0.1, 0.15) is 28.1 Å². The Bertz CT molecular complexity index is 1310. The number of aromatic nitrogens is 1. The fourth-order valence-electron chi connectivity index (χ4n) is 3.61. The number of hydrazone groups is 1. The second kappa shape index (κ2) is 9.58. The van der Waals surface area contributed by atoms with Crippen LogP contribution in [0, 0.1) is 33.5 Å². The summed E-state index contributed by atoms with van der Waals surface area (Å²) >= 11 is 0. The van der Waals surface area contributed by atoms with Crippen molar-refractivity contribution in [2.45, 2.75) is 27.7 Å². The number of aryl methyl sites for hydroxylation is 3. The summed E-state index contributed by atoms with van der Waals surface area (Å²) in [6, 6.07) is 13.5. The van der Waals surface area contributed by atoms with Crippen molar-refractivity contribution in [3.8, 4) is 5.69 Å². The highest BCUT2D eigenvalue weighted by Gasteiger charge is 2.22. The predicted octanol–water partition coefficient (Wildman–Crippen LogP) is 3.77. The third kappa shape index (κ3) is 5.67. The van der Waals surface area contributed by atoms with Gasteiger partial charge in [-0.2, -0.15) is 5.10 Å². The molecule has 174 valence electrons. The van der Waals surface area contributed by atoms with Crippen molar-refractivity contribution in [2.24, 2.45) is 5.10 Å². The van der Waals surface area contributed by atoms with Crippen molar-refractivity contribution in [1.82, 2.24) is 9.99 Å². The largest absolute Gasteiger partial charge is 0.318 e. The minimum absolute atomic E-state index is 0.310. The zero-order valence-electron chi connectivity index (χ0n) is 19.3. The van der Waals surface area contributed by atoms with Crippen molar-refractivity contribution in [3.05, 3.63) is 82.4 Å². The van der Waals surface area contributed by atoms with Gasteiger partial charge >= 0.3 is 0 Å². The number of anilines is 1. The molecule has 1 aromatic heterocycles. The maximum Gasteiger partial charge on any atom is 0.260 e. The number of sulfonamides is 1. The van der Waals surface area contributed by atoms with E-state index in [9.17, 15) is 17.6 Å². The van der Waals surface area contributed by atoms with Gasteiger partial charge in [0.2, 0.25) is 10.0 Å². The van der Waals surface area contributed by atoms with Gasteiger partial charge in [0.1, 0.15) is 12.4 Å².